The van der Waals surface area contributed by atoms with E-state index in [1.807, 2.05) is 23.1 Å². The van der Waals surface area contributed by atoms with Gasteiger partial charge in [-0.15, -0.1) is 0 Å². The molecule has 0 atom stereocenters. The lowest BCUT2D eigenvalue weighted by molar-refractivity contribution is -0.965. The molecule has 0 spiro atoms. The van der Waals surface area contributed by atoms with E-state index in [9.17, 15) is 0 Å². The van der Waals surface area contributed by atoms with Crippen LogP contribution in [0.15, 0.2) is 48.5 Å². The van der Waals surface area contributed by atoms with Gasteiger partial charge in [0.2, 0.25) is 0 Å². The fourth-order valence-electron chi connectivity index (χ4n) is 4.99. The highest BCUT2D eigenvalue weighted by Gasteiger charge is 2.30. The van der Waals surface area contributed by atoms with E-state index in [4.69, 9.17) is 9.47 Å². The van der Waals surface area contributed by atoms with Crippen LogP contribution in [0.2, 0.25) is 0 Å². The van der Waals surface area contributed by atoms with Crippen LogP contribution in [-0.4, -0.2) is 39.3 Å². The summed E-state index contributed by atoms with van der Waals surface area (Å²) in [5.74, 6) is 1.66. The fraction of sp³-hybridized carbons (Fsp3) is 0.520. The molecule has 0 radical (unpaired) electrons. The van der Waals surface area contributed by atoms with E-state index in [0.717, 1.165) is 24.1 Å². The van der Waals surface area contributed by atoms with Crippen LogP contribution in [0.5, 0.6) is 11.5 Å². The number of quaternary nitrogens is 2. The van der Waals surface area contributed by atoms with Crippen molar-refractivity contribution in [2.45, 2.75) is 51.3 Å². The molecule has 0 bridgehead atoms. The Labute approximate surface area is 175 Å². The molecule has 2 N–H and O–H groups in total. The van der Waals surface area contributed by atoms with Crippen molar-refractivity contribution in [1.29, 1.82) is 0 Å². The molecular formula is C25H36N2O2+2. The van der Waals surface area contributed by atoms with Gasteiger partial charge in [-0.2, -0.15) is 0 Å². The second kappa shape index (κ2) is 10.1. The number of rotatable bonds is 7. The largest absolute Gasteiger partial charge is 0.493 e. The quantitative estimate of drug-likeness (QED) is 0.748. The molecule has 2 aromatic rings. The van der Waals surface area contributed by atoms with Gasteiger partial charge in [0.1, 0.15) is 13.2 Å². The molecule has 0 aliphatic carbocycles. The van der Waals surface area contributed by atoms with Gasteiger partial charge in [0.15, 0.2) is 11.5 Å². The van der Waals surface area contributed by atoms with E-state index in [0.29, 0.717) is 6.61 Å². The fourth-order valence-corrected chi connectivity index (χ4v) is 4.99. The van der Waals surface area contributed by atoms with Gasteiger partial charge < -0.3 is 19.3 Å². The summed E-state index contributed by atoms with van der Waals surface area (Å²) in [7, 11) is 1.73. The summed E-state index contributed by atoms with van der Waals surface area (Å²) in [5, 5.41) is 0. The maximum atomic E-state index is 6.01. The molecule has 0 saturated carbocycles. The standard InChI is InChI=1S/C25H34N2O2/c1-28-25-18-22(10-11-24(25)29-20-21-8-4-2-5-9-21)19-26-16-12-23(13-17-26)27-14-6-3-7-15-27/h2,4-5,8-11,18,23H,3,6-7,12-17,19-20H2,1H3/p+2. The summed E-state index contributed by atoms with van der Waals surface area (Å²) in [6.07, 6.45) is 7.06. The molecule has 2 fully saturated rings. The molecule has 2 aliphatic rings. The highest BCUT2D eigenvalue weighted by atomic mass is 16.5. The number of benzene rings is 2. The zero-order chi connectivity index (χ0) is 19.9. The highest BCUT2D eigenvalue weighted by molar-refractivity contribution is 5.42. The third kappa shape index (κ3) is 5.52. The first-order chi connectivity index (χ1) is 14.3. The monoisotopic (exact) mass is 396 g/mol. The zero-order valence-corrected chi connectivity index (χ0v) is 17.8. The molecule has 2 aromatic carbocycles. The van der Waals surface area contributed by atoms with Crippen LogP contribution in [0.25, 0.3) is 0 Å². The molecule has 2 aliphatic heterocycles. The normalized spacial score (nSPS) is 22.9. The Morgan fingerprint density at radius 1 is 0.828 bits per heavy atom. The number of methoxy groups -OCH3 is 1. The minimum atomic E-state index is 0.564. The van der Waals surface area contributed by atoms with E-state index < -0.39 is 0 Å². The van der Waals surface area contributed by atoms with Crippen molar-refractivity contribution >= 4 is 0 Å². The maximum absolute atomic E-state index is 6.01. The van der Waals surface area contributed by atoms with Crippen LogP contribution in [-0.2, 0) is 13.2 Å². The Morgan fingerprint density at radius 2 is 1.59 bits per heavy atom. The first-order valence-corrected chi connectivity index (χ1v) is 11.3. The van der Waals surface area contributed by atoms with Crippen molar-refractivity contribution in [2.75, 3.05) is 33.3 Å². The molecule has 0 unspecified atom stereocenters. The minimum Gasteiger partial charge on any atom is -0.493 e. The van der Waals surface area contributed by atoms with E-state index in [1.54, 1.807) is 12.0 Å². The molecule has 0 aromatic heterocycles. The van der Waals surface area contributed by atoms with Gasteiger partial charge in [0.05, 0.1) is 39.3 Å². The van der Waals surface area contributed by atoms with Crippen molar-refractivity contribution < 1.29 is 19.3 Å². The summed E-state index contributed by atoms with van der Waals surface area (Å²) in [6, 6.07) is 17.6. The van der Waals surface area contributed by atoms with Crippen LogP contribution >= 0.6 is 0 Å². The summed E-state index contributed by atoms with van der Waals surface area (Å²) >= 11 is 0. The third-order valence-corrected chi connectivity index (χ3v) is 6.69. The summed E-state index contributed by atoms with van der Waals surface area (Å²) in [4.78, 5) is 3.59. The lowest BCUT2D eigenvalue weighted by atomic mass is 9.99. The van der Waals surface area contributed by atoms with Crippen LogP contribution in [0.1, 0.15) is 43.2 Å². The van der Waals surface area contributed by atoms with Gasteiger partial charge in [-0.05, 0) is 43.0 Å². The van der Waals surface area contributed by atoms with Gasteiger partial charge in [0, 0.05) is 18.4 Å². The Balaban J connectivity index is 1.30. The molecule has 4 rings (SSSR count). The van der Waals surface area contributed by atoms with Crippen molar-refractivity contribution in [1.82, 2.24) is 0 Å². The van der Waals surface area contributed by atoms with E-state index >= 15 is 0 Å². The SMILES string of the molecule is COc1cc(C[NH+]2CCC([NH+]3CCCCC3)CC2)ccc1OCc1ccccc1. The zero-order valence-electron chi connectivity index (χ0n) is 17.8. The van der Waals surface area contributed by atoms with Crippen LogP contribution in [0, 0.1) is 0 Å². The summed E-state index contributed by atoms with van der Waals surface area (Å²) < 4.78 is 11.6. The summed E-state index contributed by atoms with van der Waals surface area (Å²) in [5.41, 5.74) is 2.51. The number of hydrogen-bond acceptors (Lipinski definition) is 2. The molecule has 4 heteroatoms. The molecule has 4 nitrogen and oxygen atoms in total. The topological polar surface area (TPSA) is 27.3 Å². The minimum absolute atomic E-state index is 0.564. The second-order valence-corrected chi connectivity index (χ2v) is 8.68. The van der Waals surface area contributed by atoms with Crippen molar-refractivity contribution in [3.05, 3.63) is 59.7 Å². The Bertz CT molecular complexity index is 751. The van der Waals surface area contributed by atoms with E-state index in [-0.39, 0.29) is 0 Å². The number of ether oxygens (including phenoxy) is 2. The molecule has 2 heterocycles. The average molecular weight is 397 g/mol. The summed E-state index contributed by atoms with van der Waals surface area (Å²) in [6.45, 7) is 7.04. The van der Waals surface area contributed by atoms with Gasteiger partial charge in [-0.1, -0.05) is 30.3 Å². The van der Waals surface area contributed by atoms with Gasteiger partial charge >= 0.3 is 0 Å². The van der Waals surface area contributed by atoms with Gasteiger partial charge in [0.25, 0.3) is 0 Å². The maximum Gasteiger partial charge on any atom is 0.161 e. The number of nitrogens with one attached hydrogen (secondary N) is 2. The Hall–Kier alpha value is -2.04. The smallest absolute Gasteiger partial charge is 0.161 e. The molecule has 0 amide bonds. The van der Waals surface area contributed by atoms with Crippen LogP contribution in [0.4, 0.5) is 0 Å². The van der Waals surface area contributed by atoms with Crippen molar-refractivity contribution in [2.24, 2.45) is 0 Å². The predicted molar refractivity (Wildman–Crippen MR) is 116 cm³/mol. The molecule has 2 saturated heterocycles. The average Bonchev–Trinajstić information content (AvgIpc) is 2.80. The Morgan fingerprint density at radius 3 is 2.31 bits per heavy atom. The molecular weight excluding hydrogens is 360 g/mol. The third-order valence-electron chi connectivity index (χ3n) is 6.69. The number of piperidine rings is 2. The van der Waals surface area contributed by atoms with E-state index in [1.165, 1.54) is 69.4 Å². The second-order valence-electron chi connectivity index (χ2n) is 8.68. The predicted octanol–water partition coefficient (Wildman–Crippen LogP) is 1.89. The van der Waals surface area contributed by atoms with Crippen LogP contribution < -0.4 is 19.3 Å². The van der Waals surface area contributed by atoms with Crippen LogP contribution in [0.3, 0.4) is 0 Å². The first kappa shape index (κ1) is 20.2. The van der Waals surface area contributed by atoms with Gasteiger partial charge in [-0.3, -0.25) is 0 Å². The molecule has 156 valence electrons. The van der Waals surface area contributed by atoms with Crippen molar-refractivity contribution in [3.8, 4) is 11.5 Å². The van der Waals surface area contributed by atoms with Crippen molar-refractivity contribution in [3.63, 3.8) is 0 Å². The number of hydrogen-bond donors (Lipinski definition) is 2. The van der Waals surface area contributed by atoms with Gasteiger partial charge in [-0.25, -0.2) is 0 Å². The lowest BCUT2D eigenvalue weighted by Crippen LogP contribution is -3.20. The highest BCUT2D eigenvalue weighted by Crippen LogP contribution is 2.28. The lowest BCUT2D eigenvalue weighted by Gasteiger charge is -2.36. The first-order valence-electron chi connectivity index (χ1n) is 11.3. The van der Waals surface area contributed by atoms with E-state index in [2.05, 4.69) is 30.3 Å². The molecule has 29 heavy (non-hydrogen) atoms. The Kier molecular flexibility index (Phi) is 7.07. The number of likely N-dealkylation sites (tertiary alicyclic amines) is 2.